The Morgan fingerprint density at radius 3 is 2.56 bits per heavy atom. The normalized spacial score (nSPS) is 54.1. The van der Waals surface area contributed by atoms with Gasteiger partial charge in [-0.15, -0.1) is 0 Å². The molecular formula is C15H24O. The minimum atomic E-state index is -0.436. The van der Waals surface area contributed by atoms with Crippen LogP contribution in [0.1, 0.15) is 46.5 Å². The van der Waals surface area contributed by atoms with E-state index in [4.69, 9.17) is 0 Å². The van der Waals surface area contributed by atoms with Crippen LogP contribution >= 0.6 is 0 Å². The second-order valence-electron chi connectivity index (χ2n) is 7.18. The van der Waals surface area contributed by atoms with Crippen molar-refractivity contribution in [1.29, 1.82) is 0 Å². The van der Waals surface area contributed by atoms with Crippen molar-refractivity contribution >= 4 is 0 Å². The number of aliphatic hydroxyl groups is 1. The first-order valence-electron chi connectivity index (χ1n) is 6.76. The van der Waals surface area contributed by atoms with E-state index in [9.17, 15) is 5.11 Å². The van der Waals surface area contributed by atoms with Crippen molar-refractivity contribution in [3.8, 4) is 0 Å². The monoisotopic (exact) mass is 220 g/mol. The molecule has 0 unspecified atom stereocenters. The zero-order valence-electron chi connectivity index (χ0n) is 10.8. The van der Waals surface area contributed by atoms with Gasteiger partial charge in [0.2, 0.25) is 0 Å². The molecule has 3 aliphatic carbocycles. The molecule has 3 saturated carbocycles. The number of hydrogen-bond acceptors (Lipinski definition) is 1. The van der Waals surface area contributed by atoms with E-state index in [1.807, 2.05) is 0 Å². The summed E-state index contributed by atoms with van der Waals surface area (Å²) in [4.78, 5) is 0. The molecule has 90 valence electrons. The van der Waals surface area contributed by atoms with Gasteiger partial charge in [-0.3, -0.25) is 0 Å². The Kier molecular flexibility index (Phi) is 1.98. The van der Waals surface area contributed by atoms with Gasteiger partial charge in [0, 0.05) is 0 Å². The average Bonchev–Trinajstić information content (AvgIpc) is 2.61. The Bertz CT molecular complexity index is 339. The van der Waals surface area contributed by atoms with Gasteiger partial charge >= 0.3 is 0 Å². The van der Waals surface area contributed by atoms with Crippen molar-refractivity contribution in [3.63, 3.8) is 0 Å². The molecule has 5 atom stereocenters. The lowest BCUT2D eigenvalue weighted by atomic mass is 9.78. The van der Waals surface area contributed by atoms with E-state index in [1.54, 1.807) is 0 Å². The van der Waals surface area contributed by atoms with Crippen molar-refractivity contribution in [3.05, 3.63) is 12.2 Å². The highest BCUT2D eigenvalue weighted by Gasteiger charge is 2.67. The summed E-state index contributed by atoms with van der Waals surface area (Å²) in [6.07, 6.45) is 4.64. The molecule has 0 saturated heterocycles. The molecule has 1 heteroatoms. The van der Waals surface area contributed by atoms with E-state index >= 15 is 0 Å². The Balaban J connectivity index is 1.98. The Labute approximate surface area is 98.9 Å². The minimum Gasteiger partial charge on any atom is -0.390 e. The lowest BCUT2D eigenvalue weighted by molar-refractivity contribution is -0.00137. The van der Waals surface area contributed by atoms with Crippen LogP contribution in [0.5, 0.6) is 0 Å². The van der Waals surface area contributed by atoms with Gasteiger partial charge in [0.1, 0.15) is 0 Å². The summed E-state index contributed by atoms with van der Waals surface area (Å²) >= 11 is 0. The molecule has 3 fully saturated rings. The van der Waals surface area contributed by atoms with Gasteiger partial charge in [-0.25, -0.2) is 0 Å². The number of fused-ring (bicyclic) bond motifs is 3. The molecule has 0 bridgehead atoms. The van der Waals surface area contributed by atoms with Gasteiger partial charge in [-0.1, -0.05) is 26.0 Å². The van der Waals surface area contributed by atoms with Gasteiger partial charge in [-0.05, 0) is 61.7 Å². The van der Waals surface area contributed by atoms with Crippen LogP contribution in [-0.2, 0) is 0 Å². The molecule has 0 aliphatic heterocycles. The van der Waals surface area contributed by atoms with E-state index in [0.29, 0.717) is 17.3 Å². The van der Waals surface area contributed by atoms with Gasteiger partial charge < -0.3 is 5.11 Å². The summed E-state index contributed by atoms with van der Waals surface area (Å²) in [7, 11) is 0. The number of rotatable bonds is 0. The molecule has 0 heterocycles. The summed E-state index contributed by atoms with van der Waals surface area (Å²) in [5.41, 5.74) is 1.46. The van der Waals surface area contributed by atoms with Crippen LogP contribution in [0.2, 0.25) is 0 Å². The molecule has 3 rings (SSSR count). The zero-order chi connectivity index (χ0) is 11.7. The van der Waals surface area contributed by atoms with E-state index in [0.717, 1.165) is 24.7 Å². The standard InChI is InChI=1S/C15H24O/c1-9-5-6-11-13(14(11,2)3)12-10(9)7-8-15(12,4)16/h10-13,16H,1,5-8H2,2-4H3/t10-,11+,12-,13+,15-/m0/s1. The Morgan fingerprint density at radius 2 is 1.88 bits per heavy atom. The summed E-state index contributed by atoms with van der Waals surface area (Å²) in [6, 6.07) is 0. The van der Waals surface area contributed by atoms with Crippen molar-refractivity contribution in [2.24, 2.45) is 29.1 Å². The molecular weight excluding hydrogens is 196 g/mol. The predicted molar refractivity (Wildman–Crippen MR) is 66.0 cm³/mol. The van der Waals surface area contributed by atoms with Crippen molar-refractivity contribution < 1.29 is 5.11 Å². The summed E-state index contributed by atoms with van der Waals surface area (Å²) < 4.78 is 0. The van der Waals surface area contributed by atoms with Crippen molar-refractivity contribution in [2.75, 3.05) is 0 Å². The van der Waals surface area contributed by atoms with Crippen LogP contribution in [-0.4, -0.2) is 10.7 Å². The number of allylic oxidation sites excluding steroid dienone is 1. The summed E-state index contributed by atoms with van der Waals surface area (Å²) in [5.74, 6) is 2.67. The fourth-order valence-corrected chi connectivity index (χ4v) is 4.90. The third-order valence-corrected chi connectivity index (χ3v) is 5.94. The van der Waals surface area contributed by atoms with Crippen LogP contribution in [0.25, 0.3) is 0 Å². The largest absolute Gasteiger partial charge is 0.390 e. The first-order valence-corrected chi connectivity index (χ1v) is 6.76. The molecule has 16 heavy (non-hydrogen) atoms. The van der Waals surface area contributed by atoms with Crippen molar-refractivity contribution in [2.45, 2.75) is 52.1 Å². The van der Waals surface area contributed by atoms with Crippen LogP contribution in [0.3, 0.4) is 0 Å². The highest BCUT2D eigenvalue weighted by atomic mass is 16.3. The van der Waals surface area contributed by atoms with Crippen LogP contribution in [0, 0.1) is 29.1 Å². The van der Waals surface area contributed by atoms with Gasteiger partial charge in [0.25, 0.3) is 0 Å². The molecule has 1 N–H and O–H groups in total. The molecule has 0 amide bonds. The lowest BCUT2D eigenvalue weighted by Crippen LogP contribution is -2.34. The molecule has 0 aromatic carbocycles. The van der Waals surface area contributed by atoms with Crippen LogP contribution < -0.4 is 0 Å². The van der Waals surface area contributed by atoms with E-state index in [1.165, 1.54) is 18.4 Å². The second kappa shape index (κ2) is 2.93. The highest BCUT2D eigenvalue weighted by molar-refractivity contribution is 5.22. The Morgan fingerprint density at radius 1 is 1.19 bits per heavy atom. The molecule has 0 aromatic heterocycles. The molecule has 0 aromatic rings. The first kappa shape index (κ1) is 10.8. The highest BCUT2D eigenvalue weighted by Crippen LogP contribution is 2.71. The summed E-state index contributed by atoms with van der Waals surface area (Å²) in [5, 5.41) is 10.6. The predicted octanol–water partition coefficient (Wildman–Crippen LogP) is 3.39. The third kappa shape index (κ3) is 1.21. The fourth-order valence-electron chi connectivity index (χ4n) is 4.90. The van der Waals surface area contributed by atoms with Gasteiger partial charge in [0.15, 0.2) is 0 Å². The maximum atomic E-state index is 10.6. The molecule has 0 radical (unpaired) electrons. The smallest absolute Gasteiger partial charge is 0.0656 e. The number of hydrogen-bond donors (Lipinski definition) is 1. The fraction of sp³-hybridized carbons (Fsp3) is 0.867. The third-order valence-electron chi connectivity index (χ3n) is 5.94. The van der Waals surface area contributed by atoms with E-state index in [-0.39, 0.29) is 0 Å². The van der Waals surface area contributed by atoms with Crippen LogP contribution in [0.4, 0.5) is 0 Å². The lowest BCUT2D eigenvalue weighted by Gasteiger charge is -2.31. The maximum absolute atomic E-state index is 10.6. The van der Waals surface area contributed by atoms with Crippen LogP contribution in [0.15, 0.2) is 12.2 Å². The van der Waals surface area contributed by atoms with Gasteiger partial charge in [0.05, 0.1) is 5.60 Å². The van der Waals surface area contributed by atoms with Gasteiger partial charge in [-0.2, -0.15) is 0 Å². The molecule has 3 aliphatic rings. The average molecular weight is 220 g/mol. The summed E-state index contributed by atoms with van der Waals surface area (Å²) in [6.45, 7) is 11.1. The Hall–Kier alpha value is -0.300. The minimum absolute atomic E-state index is 0.436. The quantitative estimate of drug-likeness (QED) is 0.620. The topological polar surface area (TPSA) is 20.2 Å². The molecule has 1 nitrogen and oxygen atoms in total. The van der Waals surface area contributed by atoms with E-state index < -0.39 is 5.60 Å². The molecule has 0 spiro atoms. The first-order chi connectivity index (χ1) is 7.36. The second-order valence-corrected chi connectivity index (χ2v) is 7.18. The van der Waals surface area contributed by atoms with Crippen molar-refractivity contribution in [1.82, 2.24) is 0 Å². The zero-order valence-corrected chi connectivity index (χ0v) is 10.8. The SMILES string of the molecule is C=C1CC[C@@H]2[C@H]([C@@H]3[C@H]1CC[C@]3(C)O)C2(C)C. The van der Waals surface area contributed by atoms with E-state index in [2.05, 4.69) is 27.4 Å². The maximum Gasteiger partial charge on any atom is 0.0656 e.